The number of amides is 2. The molecule has 2 aromatic carbocycles. The number of para-hydroxylation sites is 2. The van der Waals surface area contributed by atoms with Crippen LogP contribution >= 0.6 is 0 Å². The molecule has 1 heterocycles. The van der Waals surface area contributed by atoms with Crippen molar-refractivity contribution < 1.29 is 22.8 Å². The SMILES string of the molecule is O=C(CNC(=O)[C@@H]1C[C@H]1c1nc2ccccc2[nH]1)Nc1ccc(C(F)(F)F)cc1. The van der Waals surface area contributed by atoms with E-state index in [-0.39, 0.29) is 30.0 Å². The highest BCUT2D eigenvalue weighted by Crippen LogP contribution is 2.46. The number of carbonyl (C=O) groups excluding carboxylic acids is 2. The summed E-state index contributed by atoms with van der Waals surface area (Å²) >= 11 is 0. The highest BCUT2D eigenvalue weighted by Gasteiger charge is 2.46. The maximum Gasteiger partial charge on any atom is 0.416 e. The van der Waals surface area contributed by atoms with Crippen LogP contribution in [0.1, 0.15) is 23.7 Å². The Morgan fingerprint density at radius 3 is 2.52 bits per heavy atom. The summed E-state index contributed by atoms with van der Waals surface area (Å²) in [7, 11) is 0. The molecule has 3 aromatic rings. The molecule has 150 valence electrons. The second-order valence-corrected chi connectivity index (χ2v) is 6.93. The monoisotopic (exact) mass is 402 g/mol. The zero-order chi connectivity index (χ0) is 20.6. The number of alkyl halides is 3. The predicted octanol–water partition coefficient (Wildman–Crippen LogP) is 3.44. The fourth-order valence-corrected chi connectivity index (χ4v) is 3.18. The number of aromatic amines is 1. The van der Waals surface area contributed by atoms with Gasteiger partial charge in [-0.3, -0.25) is 9.59 Å². The molecule has 1 aliphatic rings. The van der Waals surface area contributed by atoms with Crippen LogP contribution in [0.2, 0.25) is 0 Å². The van der Waals surface area contributed by atoms with Gasteiger partial charge < -0.3 is 15.6 Å². The first kappa shape index (κ1) is 19.0. The number of hydrogen-bond acceptors (Lipinski definition) is 3. The molecule has 0 saturated heterocycles. The van der Waals surface area contributed by atoms with E-state index in [9.17, 15) is 22.8 Å². The first-order valence-corrected chi connectivity index (χ1v) is 9.01. The number of carbonyl (C=O) groups is 2. The molecule has 1 saturated carbocycles. The Hall–Kier alpha value is -3.36. The number of H-pyrrole nitrogens is 1. The van der Waals surface area contributed by atoms with E-state index in [2.05, 4.69) is 20.6 Å². The van der Waals surface area contributed by atoms with E-state index in [0.717, 1.165) is 29.0 Å². The zero-order valence-corrected chi connectivity index (χ0v) is 15.1. The van der Waals surface area contributed by atoms with E-state index in [1.54, 1.807) is 0 Å². The van der Waals surface area contributed by atoms with Crippen LogP contribution in [0.15, 0.2) is 48.5 Å². The van der Waals surface area contributed by atoms with Crippen molar-refractivity contribution in [1.29, 1.82) is 0 Å². The molecule has 0 spiro atoms. The lowest BCUT2D eigenvalue weighted by atomic mass is 10.2. The van der Waals surface area contributed by atoms with Crippen molar-refractivity contribution in [3.05, 3.63) is 59.9 Å². The smallest absolute Gasteiger partial charge is 0.347 e. The minimum atomic E-state index is -4.43. The van der Waals surface area contributed by atoms with Crippen molar-refractivity contribution in [3.63, 3.8) is 0 Å². The van der Waals surface area contributed by atoms with E-state index >= 15 is 0 Å². The molecule has 6 nitrogen and oxygen atoms in total. The highest BCUT2D eigenvalue weighted by molar-refractivity contribution is 5.95. The minimum Gasteiger partial charge on any atom is -0.347 e. The maximum atomic E-state index is 12.5. The normalized spacial score (nSPS) is 18.4. The fourth-order valence-electron chi connectivity index (χ4n) is 3.18. The lowest BCUT2D eigenvalue weighted by Crippen LogP contribution is -2.34. The first-order valence-electron chi connectivity index (χ1n) is 9.01. The molecule has 29 heavy (non-hydrogen) atoms. The van der Waals surface area contributed by atoms with Gasteiger partial charge in [-0.1, -0.05) is 12.1 Å². The predicted molar refractivity (Wildman–Crippen MR) is 100 cm³/mol. The molecule has 0 bridgehead atoms. The van der Waals surface area contributed by atoms with Gasteiger partial charge in [0, 0.05) is 17.5 Å². The second-order valence-electron chi connectivity index (χ2n) is 6.93. The summed E-state index contributed by atoms with van der Waals surface area (Å²) in [6.07, 6.45) is -3.79. The summed E-state index contributed by atoms with van der Waals surface area (Å²) in [5.41, 5.74) is 1.17. The third-order valence-corrected chi connectivity index (χ3v) is 4.81. The van der Waals surface area contributed by atoms with Crippen molar-refractivity contribution in [3.8, 4) is 0 Å². The van der Waals surface area contributed by atoms with Gasteiger partial charge in [0.25, 0.3) is 0 Å². The van der Waals surface area contributed by atoms with Crippen LogP contribution in [0.4, 0.5) is 18.9 Å². The molecule has 1 aliphatic carbocycles. The lowest BCUT2D eigenvalue weighted by molar-refractivity contribution is -0.137. The topological polar surface area (TPSA) is 86.9 Å². The number of nitrogens with zero attached hydrogens (tertiary/aromatic N) is 1. The maximum absolute atomic E-state index is 12.5. The van der Waals surface area contributed by atoms with E-state index in [4.69, 9.17) is 0 Å². The summed E-state index contributed by atoms with van der Waals surface area (Å²) in [5.74, 6) is -0.285. The standard InChI is InChI=1S/C20H17F3N4O2/c21-20(22,23)11-5-7-12(8-6-11)25-17(28)10-24-19(29)14-9-13(14)18-26-15-3-1-2-4-16(15)27-18/h1-8,13-14H,9-10H2,(H,24,29)(H,25,28)(H,26,27)/t13-,14-/m1/s1. The lowest BCUT2D eigenvalue weighted by Gasteiger charge is -2.09. The van der Waals surface area contributed by atoms with Gasteiger partial charge in [-0.25, -0.2) is 4.98 Å². The first-order chi connectivity index (χ1) is 13.8. The van der Waals surface area contributed by atoms with E-state index in [0.29, 0.717) is 6.42 Å². The molecule has 0 unspecified atom stereocenters. The van der Waals surface area contributed by atoms with Crippen molar-refractivity contribution >= 4 is 28.5 Å². The van der Waals surface area contributed by atoms with Crippen molar-refractivity contribution in [2.24, 2.45) is 5.92 Å². The van der Waals surface area contributed by atoms with Crippen LogP contribution in [0.25, 0.3) is 11.0 Å². The number of hydrogen-bond donors (Lipinski definition) is 3. The fraction of sp³-hybridized carbons (Fsp3) is 0.250. The summed E-state index contributed by atoms with van der Waals surface area (Å²) in [6, 6.07) is 11.7. The summed E-state index contributed by atoms with van der Waals surface area (Å²) in [6.45, 7) is -0.261. The van der Waals surface area contributed by atoms with Crippen LogP contribution in [0.3, 0.4) is 0 Å². The van der Waals surface area contributed by atoms with Gasteiger partial charge in [-0.05, 0) is 42.8 Å². The van der Waals surface area contributed by atoms with Crippen LogP contribution in [0, 0.1) is 5.92 Å². The molecular formula is C20H17F3N4O2. The van der Waals surface area contributed by atoms with E-state index in [1.165, 1.54) is 12.1 Å². The largest absolute Gasteiger partial charge is 0.416 e. The third kappa shape index (κ3) is 4.23. The van der Waals surface area contributed by atoms with Crippen LogP contribution < -0.4 is 10.6 Å². The Morgan fingerprint density at radius 2 is 1.83 bits per heavy atom. The molecule has 0 radical (unpaired) electrons. The van der Waals surface area contributed by atoms with Crippen LogP contribution in [0.5, 0.6) is 0 Å². The number of benzene rings is 2. The Labute approximate surface area is 163 Å². The number of imidazole rings is 1. The number of anilines is 1. The number of aromatic nitrogens is 2. The van der Waals surface area contributed by atoms with Crippen molar-refractivity contribution in [1.82, 2.24) is 15.3 Å². The van der Waals surface area contributed by atoms with Gasteiger partial charge in [0.2, 0.25) is 11.8 Å². The minimum absolute atomic E-state index is 0.0135. The molecule has 2 atom stereocenters. The molecule has 1 fully saturated rings. The Kier molecular flexibility index (Phi) is 4.73. The van der Waals surface area contributed by atoms with E-state index < -0.39 is 17.6 Å². The highest BCUT2D eigenvalue weighted by atomic mass is 19.4. The summed E-state index contributed by atoms with van der Waals surface area (Å²) < 4.78 is 37.6. The van der Waals surface area contributed by atoms with Crippen molar-refractivity contribution in [2.45, 2.75) is 18.5 Å². The average molecular weight is 402 g/mol. The average Bonchev–Trinajstić information content (AvgIpc) is 3.37. The van der Waals surface area contributed by atoms with Gasteiger partial charge in [-0.15, -0.1) is 0 Å². The van der Waals surface area contributed by atoms with Gasteiger partial charge in [0.05, 0.1) is 23.1 Å². The Bertz CT molecular complexity index is 1030. The summed E-state index contributed by atoms with van der Waals surface area (Å²) in [5, 5.41) is 5.02. The second kappa shape index (κ2) is 7.23. The van der Waals surface area contributed by atoms with E-state index in [1.807, 2.05) is 24.3 Å². The van der Waals surface area contributed by atoms with Gasteiger partial charge in [-0.2, -0.15) is 13.2 Å². The zero-order valence-electron chi connectivity index (χ0n) is 15.1. The molecule has 9 heteroatoms. The third-order valence-electron chi connectivity index (χ3n) is 4.81. The number of fused-ring (bicyclic) bond motifs is 1. The summed E-state index contributed by atoms with van der Waals surface area (Å²) in [4.78, 5) is 31.9. The molecule has 1 aromatic heterocycles. The Balaban J connectivity index is 1.27. The molecule has 4 rings (SSSR count). The molecule has 2 amide bonds. The number of rotatable bonds is 5. The Morgan fingerprint density at radius 1 is 1.10 bits per heavy atom. The van der Waals surface area contributed by atoms with Crippen LogP contribution in [-0.2, 0) is 15.8 Å². The van der Waals surface area contributed by atoms with Gasteiger partial charge in [0.1, 0.15) is 5.82 Å². The van der Waals surface area contributed by atoms with Crippen molar-refractivity contribution in [2.75, 3.05) is 11.9 Å². The molecule has 3 N–H and O–H groups in total. The number of halogens is 3. The van der Waals surface area contributed by atoms with Gasteiger partial charge >= 0.3 is 6.18 Å². The molecular weight excluding hydrogens is 385 g/mol. The molecule has 0 aliphatic heterocycles. The number of nitrogens with one attached hydrogen (secondary N) is 3. The quantitative estimate of drug-likeness (QED) is 0.611. The van der Waals surface area contributed by atoms with Gasteiger partial charge in [0.15, 0.2) is 0 Å². The van der Waals surface area contributed by atoms with Crippen LogP contribution in [-0.4, -0.2) is 28.3 Å².